The summed E-state index contributed by atoms with van der Waals surface area (Å²) < 4.78 is 43.8. The number of benzene rings is 1. The molecule has 3 heterocycles. The molecule has 1 aromatic heterocycles. The molecule has 3 atom stereocenters. The summed E-state index contributed by atoms with van der Waals surface area (Å²) in [4.78, 5) is 41.5. The number of pyridine rings is 1. The van der Waals surface area contributed by atoms with E-state index in [-0.39, 0.29) is 24.1 Å². The van der Waals surface area contributed by atoms with E-state index >= 15 is 8.78 Å². The minimum atomic E-state index is -3.99. The summed E-state index contributed by atoms with van der Waals surface area (Å²) in [6.45, 7) is 1.52. The van der Waals surface area contributed by atoms with Gasteiger partial charge in [-0.15, -0.1) is 0 Å². The Hall–Kier alpha value is -3.43. The lowest BCUT2D eigenvalue weighted by Gasteiger charge is -2.39. The molecule has 174 valence electrons. The van der Waals surface area contributed by atoms with Crippen molar-refractivity contribution in [3.63, 3.8) is 0 Å². The van der Waals surface area contributed by atoms with Crippen LogP contribution in [-0.2, 0) is 15.5 Å². The van der Waals surface area contributed by atoms with Gasteiger partial charge in [0.1, 0.15) is 11.5 Å². The lowest BCUT2D eigenvalue weighted by atomic mass is 9.90. The van der Waals surface area contributed by atoms with E-state index in [2.05, 4.69) is 10.3 Å². The first-order chi connectivity index (χ1) is 15.6. The predicted molar refractivity (Wildman–Crippen MR) is 111 cm³/mol. The van der Waals surface area contributed by atoms with Gasteiger partial charge in [0.15, 0.2) is 0 Å². The minimum Gasteiger partial charge on any atom is -0.481 e. The fourth-order valence-electron chi connectivity index (χ4n) is 4.65. The molecule has 7 nitrogen and oxygen atoms in total. The number of aryl methyl sites for hydroxylation is 1. The van der Waals surface area contributed by atoms with Gasteiger partial charge in [-0.3, -0.25) is 19.4 Å². The standard InChI is InChI=1S/C23H22F3N3O4/c1-12-8-15(2-5-18(12)24)28-20(30)13-6-7-27-19(11-13)23(25,26)22(33)29-16-3-4-17(29)10-14(9-16)21(31)32/h2,5-8,11,14,16-17H,3-4,9-10H2,1H3,(H,28,30)(H,31,32)/t14-,16+,17-. The number of hydrogen-bond acceptors (Lipinski definition) is 4. The number of piperidine rings is 1. The van der Waals surface area contributed by atoms with Crippen LogP contribution in [0, 0.1) is 18.7 Å². The van der Waals surface area contributed by atoms with Crippen LogP contribution in [0.15, 0.2) is 36.5 Å². The maximum Gasteiger partial charge on any atom is 0.366 e. The van der Waals surface area contributed by atoms with E-state index < -0.39 is 53.2 Å². The number of carbonyl (C=O) groups is 3. The molecule has 2 N–H and O–H groups in total. The number of rotatable bonds is 5. The molecule has 2 amide bonds. The molecule has 33 heavy (non-hydrogen) atoms. The summed E-state index contributed by atoms with van der Waals surface area (Å²) >= 11 is 0. The molecule has 4 rings (SSSR count). The molecular formula is C23H22F3N3O4. The van der Waals surface area contributed by atoms with Gasteiger partial charge in [0, 0.05) is 29.5 Å². The van der Waals surface area contributed by atoms with Crippen LogP contribution < -0.4 is 5.32 Å². The van der Waals surface area contributed by atoms with Crippen molar-refractivity contribution < 1.29 is 32.7 Å². The highest BCUT2D eigenvalue weighted by Gasteiger charge is 2.53. The second kappa shape index (κ2) is 8.49. The predicted octanol–water partition coefficient (Wildman–Crippen LogP) is 3.73. The number of anilines is 1. The van der Waals surface area contributed by atoms with Crippen molar-refractivity contribution in [1.82, 2.24) is 9.88 Å². The normalized spacial score (nSPS) is 22.2. The maximum atomic E-state index is 15.2. The molecule has 2 saturated heterocycles. The zero-order valence-corrected chi connectivity index (χ0v) is 17.7. The lowest BCUT2D eigenvalue weighted by molar-refractivity contribution is -0.167. The molecule has 0 radical (unpaired) electrons. The topological polar surface area (TPSA) is 99.6 Å². The number of carboxylic acid groups (broad SMARTS) is 1. The number of aromatic nitrogens is 1. The number of halogens is 3. The summed E-state index contributed by atoms with van der Waals surface area (Å²) in [6.07, 6.45) is 2.25. The Balaban J connectivity index is 1.53. The summed E-state index contributed by atoms with van der Waals surface area (Å²) in [7, 11) is 0. The Kier molecular flexibility index (Phi) is 5.85. The summed E-state index contributed by atoms with van der Waals surface area (Å²) in [5.74, 6) is -8.21. The number of aliphatic carboxylic acids is 1. The van der Waals surface area contributed by atoms with E-state index in [4.69, 9.17) is 0 Å². The molecule has 0 aliphatic carbocycles. The number of fused-ring (bicyclic) bond motifs is 2. The second-order valence-corrected chi connectivity index (χ2v) is 8.53. The van der Waals surface area contributed by atoms with Crippen LogP contribution in [0.3, 0.4) is 0 Å². The average Bonchev–Trinajstić information content (AvgIpc) is 3.04. The molecule has 0 spiro atoms. The van der Waals surface area contributed by atoms with Crippen molar-refractivity contribution in [1.29, 1.82) is 0 Å². The SMILES string of the molecule is Cc1cc(NC(=O)c2ccnc(C(F)(F)C(=O)N3[C@@H]4CC[C@H]3C[C@@H](C(=O)O)C4)c2)ccc1F. The van der Waals surface area contributed by atoms with Crippen molar-refractivity contribution in [2.24, 2.45) is 5.92 Å². The van der Waals surface area contributed by atoms with E-state index in [9.17, 15) is 23.9 Å². The van der Waals surface area contributed by atoms with E-state index in [0.717, 1.165) is 17.2 Å². The van der Waals surface area contributed by atoms with Gasteiger partial charge in [-0.25, -0.2) is 4.39 Å². The Bertz CT molecular complexity index is 1110. The van der Waals surface area contributed by atoms with Crippen molar-refractivity contribution >= 4 is 23.5 Å². The molecule has 0 saturated carbocycles. The third-order valence-electron chi connectivity index (χ3n) is 6.35. The van der Waals surface area contributed by atoms with Gasteiger partial charge in [0.2, 0.25) is 0 Å². The Morgan fingerprint density at radius 3 is 2.39 bits per heavy atom. The number of carbonyl (C=O) groups excluding carboxylic acids is 2. The third kappa shape index (κ3) is 4.29. The summed E-state index contributed by atoms with van der Waals surface area (Å²) in [5, 5.41) is 11.8. The first-order valence-corrected chi connectivity index (χ1v) is 10.6. The molecule has 2 aromatic rings. The summed E-state index contributed by atoms with van der Waals surface area (Å²) in [6, 6.07) is 4.90. The van der Waals surface area contributed by atoms with Crippen molar-refractivity contribution in [3.8, 4) is 0 Å². The molecule has 2 aliphatic heterocycles. The van der Waals surface area contributed by atoms with Gasteiger partial charge < -0.3 is 15.3 Å². The largest absolute Gasteiger partial charge is 0.481 e. The number of alkyl halides is 2. The van der Waals surface area contributed by atoms with Gasteiger partial charge in [-0.1, -0.05) is 0 Å². The molecular weight excluding hydrogens is 439 g/mol. The van der Waals surface area contributed by atoms with Crippen molar-refractivity contribution in [2.45, 2.75) is 50.6 Å². The first-order valence-electron chi connectivity index (χ1n) is 10.6. The van der Waals surface area contributed by atoms with Crippen molar-refractivity contribution in [2.75, 3.05) is 5.32 Å². The van der Waals surface area contributed by atoms with Crippen LogP contribution in [0.4, 0.5) is 18.9 Å². The Labute approximate surface area is 187 Å². The van der Waals surface area contributed by atoms with Crippen LogP contribution in [0.2, 0.25) is 0 Å². The van der Waals surface area contributed by atoms with Crippen LogP contribution in [0.1, 0.15) is 47.3 Å². The van der Waals surface area contributed by atoms with Crippen LogP contribution in [0.5, 0.6) is 0 Å². The second-order valence-electron chi connectivity index (χ2n) is 8.53. The highest BCUT2D eigenvalue weighted by atomic mass is 19.3. The number of carboxylic acids is 1. The molecule has 2 fully saturated rings. The fourth-order valence-corrected chi connectivity index (χ4v) is 4.65. The molecule has 1 aromatic carbocycles. The zero-order chi connectivity index (χ0) is 23.9. The number of amides is 2. The number of hydrogen-bond donors (Lipinski definition) is 2. The molecule has 2 aliphatic rings. The van der Waals surface area contributed by atoms with E-state index in [1.54, 1.807) is 0 Å². The third-order valence-corrected chi connectivity index (χ3v) is 6.35. The molecule has 10 heteroatoms. The summed E-state index contributed by atoms with van der Waals surface area (Å²) in [5.41, 5.74) is -0.406. The Morgan fingerprint density at radius 1 is 1.12 bits per heavy atom. The fraction of sp³-hybridized carbons (Fsp3) is 0.391. The smallest absolute Gasteiger partial charge is 0.366 e. The van der Waals surface area contributed by atoms with Gasteiger partial charge >= 0.3 is 11.9 Å². The number of nitrogens with zero attached hydrogens (tertiary/aromatic N) is 2. The van der Waals surface area contributed by atoms with Crippen LogP contribution in [-0.4, -0.2) is 44.9 Å². The van der Waals surface area contributed by atoms with Gasteiger partial charge in [-0.05, 0) is 68.5 Å². The van der Waals surface area contributed by atoms with Gasteiger partial charge in [-0.2, -0.15) is 8.78 Å². The van der Waals surface area contributed by atoms with Crippen LogP contribution in [0.25, 0.3) is 0 Å². The van der Waals surface area contributed by atoms with Gasteiger partial charge in [0.25, 0.3) is 11.8 Å². The van der Waals surface area contributed by atoms with E-state index in [1.807, 2.05) is 0 Å². The van der Waals surface area contributed by atoms with E-state index in [1.165, 1.54) is 31.2 Å². The monoisotopic (exact) mass is 461 g/mol. The Morgan fingerprint density at radius 2 is 1.79 bits per heavy atom. The highest BCUT2D eigenvalue weighted by molar-refractivity contribution is 6.04. The maximum absolute atomic E-state index is 15.2. The lowest BCUT2D eigenvalue weighted by Crippen LogP contribution is -2.52. The minimum absolute atomic E-state index is 0.137. The van der Waals surface area contributed by atoms with E-state index in [0.29, 0.717) is 18.4 Å². The highest BCUT2D eigenvalue weighted by Crippen LogP contribution is 2.42. The van der Waals surface area contributed by atoms with Crippen LogP contribution >= 0.6 is 0 Å². The molecule has 0 unspecified atom stereocenters. The quantitative estimate of drug-likeness (QED) is 0.707. The van der Waals surface area contributed by atoms with Crippen molar-refractivity contribution in [3.05, 3.63) is 59.2 Å². The van der Waals surface area contributed by atoms with Gasteiger partial charge in [0.05, 0.1) is 5.92 Å². The number of nitrogens with one attached hydrogen (secondary N) is 1. The molecule has 2 bridgehead atoms. The first kappa shape index (κ1) is 22.8. The average molecular weight is 461 g/mol. The zero-order valence-electron chi connectivity index (χ0n) is 17.7.